The van der Waals surface area contributed by atoms with Gasteiger partial charge < -0.3 is 15.1 Å². The summed E-state index contributed by atoms with van der Waals surface area (Å²) in [6.45, 7) is 8.61. The van der Waals surface area contributed by atoms with Gasteiger partial charge in [0, 0.05) is 42.8 Å². The average Bonchev–Trinajstić information content (AvgIpc) is 2.73. The molecule has 0 radical (unpaired) electrons. The van der Waals surface area contributed by atoms with Gasteiger partial charge in [0.25, 0.3) is 5.91 Å². The normalized spacial score (nSPS) is 14.2. The summed E-state index contributed by atoms with van der Waals surface area (Å²) in [6, 6.07) is 14.5. The van der Waals surface area contributed by atoms with Crippen molar-refractivity contribution in [2.75, 3.05) is 36.4 Å². The molecule has 1 saturated heterocycles. The zero-order chi connectivity index (χ0) is 22.6. The van der Waals surface area contributed by atoms with E-state index in [1.807, 2.05) is 43.9 Å². The highest BCUT2D eigenvalue weighted by atomic mass is 35.5. The lowest BCUT2D eigenvalue weighted by Gasteiger charge is -2.39. The molecule has 8 heteroatoms. The Hall–Kier alpha value is -2.64. The minimum atomic E-state index is -0.374. The third-order valence-electron chi connectivity index (χ3n) is 5.02. The number of thiocarbonyl (C=S) groups is 1. The quantitative estimate of drug-likeness (QED) is 0.676. The monoisotopic (exact) mass is 458 g/mol. The van der Waals surface area contributed by atoms with E-state index < -0.39 is 0 Å². The Morgan fingerprint density at radius 3 is 2.23 bits per heavy atom. The smallest absolute Gasteiger partial charge is 0.257 e. The second-order valence-corrected chi connectivity index (χ2v) is 9.29. The number of carbonyl (C=O) groups excluding carboxylic acids is 2. The van der Waals surface area contributed by atoms with Gasteiger partial charge in [-0.15, -0.1) is 0 Å². The zero-order valence-electron chi connectivity index (χ0n) is 17.9. The minimum Gasteiger partial charge on any atom is -0.367 e. The number of halogens is 1. The zero-order valence-corrected chi connectivity index (χ0v) is 19.5. The predicted octanol–water partition coefficient (Wildman–Crippen LogP) is 4.16. The van der Waals surface area contributed by atoms with Crippen LogP contribution in [0.2, 0.25) is 5.02 Å². The number of nitrogens with one attached hydrogen (secondary N) is 2. The van der Waals surface area contributed by atoms with Crippen LogP contribution < -0.4 is 15.5 Å². The molecular weight excluding hydrogens is 432 g/mol. The highest BCUT2D eigenvalue weighted by Crippen LogP contribution is 2.30. The molecule has 164 valence electrons. The SMILES string of the molecule is CC(C)(C)C(=O)N1CCN(c2ccc(NC(=S)NC(=O)c3ccccc3)cc2Cl)CC1. The summed E-state index contributed by atoms with van der Waals surface area (Å²) in [4.78, 5) is 28.8. The fraction of sp³-hybridized carbons (Fsp3) is 0.348. The molecule has 2 N–H and O–H groups in total. The van der Waals surface area contributed by atoms with Gasteiger partial charge in [-0.2, -0.15) is 0 Å². The number of anilines is 2. The van der Waals surface area contributed by atoms with E-state index in [0.29, 0.717) is 29.4 Å². The van der Waals surface area contributed by atoms with Crippen LogP contribution in [0.4, 0.5) is 11.4 Å². The number of hydrogen-bond acceptors (Lipinski definition) is 4. The van der Waals surface area contributed by atoms with Crippen molar-refractivity contribution >= 4 is 52.1 Å². The van der Waals surface area contributed by atoms with Crippen LogP contribution in [0.15, 0.2) is 48.5 Å². The van der Waals surface area contributed by atoms with Crippen molar-refractivity contribution in [3.05, 3.63) is 59.1 Å². The number of piperazine rings is 1. The molecule has 2 aromatic rings. The first-order valence-corrected chi connectivity index (χ1v) is 10.9. The Labute approximate surface area is 193 Å². The van der Waals surface area contributed by atoms with E-state index in [9.17, 15) is 9.59 Å². The Morgan fingerprint density at radius 2 is 1.65 bits per heavy atom. The van der Waals surface area contributed by atoms with Crippen LogP contribution in [0, 0.1) is 5.41 Å². The van der Waals surface area contributed by atoms with Crippen LogP contribution >= 0.6 is 23.8 Å². The maximum atomic E-state index is 12.5. The van der Waals surface area contributed by atoms with Crippen LogP contribution in [0.25, 0.3) is 0 Å². The molecule has 0 atom stereocenters. The van der Waals surface area contributed by atoms with Gasteiger partial charge in [-0.05, 0) is 42.5 Å². The van der Waals surface area contributed by atoms with E-state index in [1.165, 1.54) is 0 Å². The van der Waals surface area contributed by atoms with Gasteiger partial charge in [-0.1, -0.05) is 50.6 Å². The van der Waals surface area contributed by atoms with Crippen molar-refractivity contribution in [2.24, 2.45) is 5.41 Å². The molecule has 0 spiro atoms. The first kappa shape index (κ1) is 23.0. The molecule has 6 nitrogen and oxygen atoms in total. The molecule has 0 saturated carbocycles. The first-order valence-electron chi connectivity index (χ1n) is 10.2. The van der Waals surface area contributed by atoms with Gasteiger partial charge in [0.1, 0.15) is 0 Å². The van der Waals surface area contributed by atoms with Gasteiger partial charge in [0.2, 0.25) is 5.91 Å². The summed E-state index contributed by atoms with van der Waals surface area (Å²) in [5.41, 5.74) is 1.76. The van der Waals surface area contributed by atoms with Crippen LogP contribution in [0.1, 0.15) is 31.1 Å². The van der Waals surface area contributed by atoms with E-state index in [0.717, 1.165) is 18.8 Å². The van der Waals surface area contributed by atoms with E-state index in [4.69, 9.17) is 23.8 Å². The van der Waals surface area contributed by atoms with Gasteiger partial charge >= 0.3 is 0 Å². The summed E-state index contributed by atoms with van der Waals surface area (Å²) in [6.07, 6.45) is 0. The van der Waals surface area contributed by atoms with Crippen molar-refractivity contribution in [3.63, 3.8) is 0 Å². The Kier molecular flexibility index (Phi) is 7.18. The molecule has 0 bridgehead atoms. The maximum Gasteiger partial charge on any atom is 0.257 e. The fourth-order valence-electron chi connectivity index (χ4n) is 3.39. The van der Waals surface area contributed by atoms with E-state index in [1.54, 1.807) is 30.3 Å². The van der Waals surface area contributed by atoms with Gasteiger partial charge in [0.05, 0.1) is 10.7 Å². The van der Waals surface area contributed by atoms with E-state index >= 15 is 0 Å². The fourth-order valence-corrected chi connectivity index (χ4v) is 3.90. The first-order chi connectivity index (χ1) is 14.6. The van der Waals surface area contributed by atoms with Gasteiger partial charge in [-0.25, -0.2) is 0 Å². The number of hydrogen-bond donors (Lipinski definition) is 2. The number of nitrogens with zero attached hydrogens (tertiary/aromatic N) is 2. The molecule has 1 aliphatic rings. The van der Waals surface area contributed by atoms with Crippen molar-refractivity contribution in [1.82, 2.24) is 10.2 Å². The van der Waals surface area contributed by atoms with E-state index in [2.05, 4.69) is 15.5 Å². The van der Waals surface area contributed by atoms with Gasteiger partial charge in [-0.3, -0.25) is 14.9 Å². The van der Waals surface area contributed by atoms with Crippen LogP contribution in [0.5, 0.6) is 0 Å². The Morgan fingerprint density at radius 1 is 1.00 bits per heavy atom. The molecular formula is C23H27ClN4O2S. The lowest BCUT2D eigenvalue weighted by Crippen LogP contribution is -2.51. The molecule has 0 unspecified atom stereocenters. The van der Waals surface area contributed by atoms with E-state index in [-0.39, 0.29) is 22.3 Å². The number of rotatable bonds is 3. The van der Waals surface area contributed by atoms with Crippen molar-refractivity contribution < 1.29 is 9.59 Å². The molecule has 1 heterocycles. The summed E-state index contributed by atoms with van der Waals surface area (Å²) in [5.74, 6) is -0.104. The largest absolute Gasteiger partial charge is 0.367 e. The van der Waals surface area contributed by atoms with Crippen molar-refractivity contribution in [2.45, 2.75) is 20.8 Å². The maximum absolute atomic E-state index is 12.5. The van der Waals surface area contributed by atoms with Crippen LogP contribution in [-0.4, -0.2) is 48.0 Å². The van der Waals surface area contributed by atoms with Gasteiger partial charge in [0.15, 0.2) is 5.11 Å². The predicted molar refractivity (Wildman–Crippen MR) is 130 cm³/mol. The molecule has 0 aliphatic carbocycles. The summed E-state index contributed by atoms with van der Waals surface area (Å²) < 4.78 is 0. The summed E-state index contributed by atoms with van der Waals surface area (Å²) >= 11 is 11.8. The number of carbonyl (C=O) groups is 2. The average molecular weight is 459 g/mol. The summed E-state index contributed by atoms with van der Waals surface area (Å²) in [7, 11) is 0. The molecule has 2 aromatic carbocycles. The highest BCUT2D eigenvalue weighted by molar-refractivity contribution is 7.80. The molecule has 31 heavy (non-hydrogen) atoms. The third-order valence-corrected chi connectivity index (χ3v) is 5.52. The Balaban J connectivity index is 1.57. The second kappa shape index (κ2) is 9.66. The lowest BCUT2D eigenvalue weighted by atomic mass is 9.94. The molecule has 2 amide bonds. The molecule has 3 rings (SSSR count). The minimum absolute atomic E-state index is 0.170. The van der Waals surface area contributed by atoms with Crippen molar-refractivity contribution in [1.29, 1.82) is 0 Å². The van der Waals surface area contributed by atoms with Crippen LogP contribution in [-0.2, 0) is 4.79 Å². The third kappa shape index (κ3) is 5.95. The summed E-state index contributed by atoms with van der Waals surface area (Å²) in [5, 5.41) is 6.44. The highest BCUT2D eigenvalue weighted by Gasteiger charge is 2.30. The molecule has 0 aromatic heterocycles. The molecule has 1 fully saturated rings. The Bertz CT molecular complexity index is 967. The standard InChI is InChI=1S/C23H27ClN4O2S/c1-23(2,3)21(30)28-13-11-27(12-14-28)19-10-9-17(15-18(19)24)25-22(31)26-20(29)16-7-5-4-6-8-16/h4-10,15H,11-14H2,1-3H3,(H2,25,26,29,31). The lowest BCUT2D eigenvalue weighted by molar-refractivity contribution is -0.139. The molecule has 1 aliphatic heterocycles. The van der Waals surface area contributed by atoms with Crippen LogP contribution in [0.3, 0.4) is 0 Å². The van der Waals surface area contributed by atoms with Crippen molar-refractivity contribution in [3.8, 4) is 0 Å². The number of amides is 2. The topological polar surface area (TPSA) is 64.7 Å². The number of benzene rings is 2. The second-order valence-electron chi connectivity index (χ2n) is 8.47.